The zero-order valence-corrected chi connectivity index (χ0v) is 20.3. The van der Waals surface area contributed by atoms with Gasteiger partial charge in [-0.25, -0.2) is 0 Å². The van der Waals surface area contributed by atoms with Crippen molar-refractivity contribution in [2.45, 2.75) is 6.92 Å². The van der Waals surface area contributed by atoms with Crippen molar-refractivity contribution in [3.63, 3.8) is 0 Å². The fourth-order valence-corrected chi connectivity index (χ4v) is 5.87. The average molecular weight is 638 g/mol. The van der Waals surface area contributed by atoms with Crippen LogP contribution in [0.15, 0.2) is 41.3 Å². The highest BCUT2D eigenvalue weighted by Gasteiger charge is 2.33. The lowest BCUT2D eigenvalue weighted by molar-refractivity contribution is -0.384. The second-order valence-corrected chi connectivity index (χ2v) is 9.61. The Hall–Kier alpha value is -1.25. The highest BCUT2D eigenvalue weighted by Crippen LogP contribution is 2.38. The first-order chi connectivity index (χ1) is 13.3. The summed E-state index contributed by atoms with van der Waals surface area (Å²) in [5.41, 5.74) is 1.26. The van der Waals surface area contributed by atoms with E-state index in [-0.39, 0.29) is 11.6 Å². The molecular weight excluding hydrogens is 626 g/mol. The first kappa shape index (κ1) is 21.5. The van der Waals surface area contributed by atoms with Crippen LogP contribution >= 0.6 is 69.2 Å². The van der Waals surface area contributed by atoms with Crippen LogP contribution in [-0.2, 0) is 4.79 Å². The number of nitrogens with zero attached hydrogens (tertiary/aromatic N) is 2. The molecule has 1 saturated heterocycles. The van der Waals surface area contributed by atoms with Crippen LogP contribution in [0.1, 0.15) is 12.5 Å². The molecule has 2 aromatic rings. The third-order valence-electron chi connectivity index (χ3n) is 3.72. The van der Waals surface area contributed by atoms with Crippen LogP contribution in [0.2, 0.25) is 0 Å². The van der Waals surface area contributed by atoms with E-state index in [4.69, 9.17) is 17.0 Å². The maximum atomic E-state index is 12.9. The SMILES string of the molecule is CCOc1c(I)cc(I)cc1/C=C1\SC(=S)N(c2ccc([N+](=O)[O-])cc2)C1=O. The van der Waals surface area contributed by atoms with E-state index in [9.17, 15) is 14.9 Å². The van der Waals surface area contributed by atoms with Crippen LogP contribution in [0.4, 0.5) is 11.4 Å². The molecule has 0 aromatic heterocycles. The summed E-state index contributed by atoms with van der Waals surface area (Å²) in [6, 6.07) is 9.70. The zero-order chi connectivity index (χ0) is 20.4. The maximum Gasteiger partial charge on any atom is 0.270 e. The van der Waals surface area contributed by atoms with E-state index in [1.807, 2.05) is 19.1 Å². The number of carbonyl (C=O) groups is 1. The van der Waals surface area contributed by atoms with E-state index in [1.165, 1.54) is 40.9 Å². The number of amides is 1. The van der Waals surface area contributed by atoms with Gasteiger partial charge in [-0.05, 0) is 82.4 Å². The van der Waals surface area contributed by atoms with Crippen LogP contribution in [-0.4, -0.2) is 21.8 Å². The number of thiocarbonyl (C=S) groups is 1. The van der Waals surface area contributed by atoms with E-state index >= 15 is 0 Å². The summed E-state index contributed by atoms with van der Waals surface area (Å²) in [6.07, 6.45) is 1.78. The molecular formula is C18H12I2N2O4S2. The molecule has 2 aromatic carbocycles. The number of hydrogen-bond donors (Lipinski definition) is 0. The third kappa shape index (κ3) is 4.49. The smallest absolute Gasteiger partial charge is 0.270 e. The normalized spacial score (nSPS) is 15.4. The van der Waals surface area contributed by atoms with Gasteiger partial charge < -0.3 is 4.74 Å². The van der Waals surface area contributed by atoms with E-state index in [0.717, 1.165) is 18.5 Å². The Kier molecular flexibility index (Phi) is 6.94. The highest BCUT2D eigenvalue weighted by molar-refractivity contribution is 14.1. The summed E-state index contributed by atoms with van der Waals surface area (Å²) in [5.74, 6) is 0.462. The van der Waals surface area contributed by atoms with Crippen molar-refractivity contribution >= 4 is 96.8 Å². The quantitative estimate of drug-likeness (QED) is 0.140. The molecule has 10 heteroatoms. The molecule has 0 spiro atoms. The molecule has 1 amide bonds. The Morgan fingerprint density at radius 1 is 1.29 bits per heavy atom. The summed E-state index contributed by atoms with van der Waals surface area (Å²) in [7, 11) is 0. The molecule has 1 aliphatic heterocycles. The van der Waals surface area contributed by atoms with Gasteiger partial charge in [0.25, 0.3) is 11.6 Å². The first-order valence-corrected chi connectivity index (χ1v) is 11.3. The number of rotatable bonds is 5. The lowest BCUT2D eigenvalue weighted by Crippen LogP contribution is -2.27. The van der Waals surface area contributed by atoms with Crippen LogP contribution in [0.5, 0.6) is 5.75 Å². The summed E-state index contributed by atoms with van der Waals surface area (Å²) < 4.78 is 8.13. The lowest BCUT2D eigenvalue weighted by Gasteiger charge is -2.14. The van der Waals surface area contributed by atoms with E-state index in [1.54, 1.807) is 6.08 Å². The zero-order valence-electron chi connectivity index (χ0n) is 14.3. The van der Waals surface area contributed by atoms with Gasteiger partial charge in [-0.3, -0.25) is 19.8 Å². The molecule has 0 atom stereocenters. The molecule has 0 aliphatic carbocycles. The van der Waals surface area contributed by atoms with Gasteiger partial charge in [0.15, 0.2) is 4.32 Å². The van der Waals surface area contributed by atoms with Crippen LogP contribution < -0.4 is 9.64 Å². The second-order valence-electron chi connectivity index (χ2n) is 5.53. The van der Waals surface area contributed by atoms with Crippen molar-refractivity contribution < 1.29 is 14.5 Å². The lowest BCUT2D eigenvalue weighted by atomic mass is 10.2. The first-order valence-electron chi connectivity index (χ1n) is 7.96. The van der Waals surface area contributed by atoms with Gasteiger partial charge in [0.2, 0.25) is 0 Å². The number of carbonyl (C=O) groups excluding carboxylic acids is 1. The van der Waals surface area contributed by atoms with Crippen LogP contribution in [0.3, 0.4) is 0 Å². The number of halogens is 2. The average Bonchev–Trinajstić information content (AvgIpc) is 2.91. The van der Waals surface area contributed by atoms with E-state index < -0.39 is 4.92 Å². The molecule has 1 fully saturated rings. The molecule has 0 bridgehead atoms. The maximum absolute atomic E-state index is 12.9. The van der Waals surface area contributed by atoms with Crippen molar-refractivity contribution in [2.24, 2.45) is 0 Å². The van der Waals surface area contributed by atoms with Gasteiger partial charge in [0.05, 0.1) is 25.7 Å². The van der Waals surface area contributed by atoms with Gasteiger partial charge in [0.1, 0.15) is 5.75 Å². The summed E-state index contributed by atoms with van der Waals surface area (Å²) in [4.78, 5) is 25.2. The third-order valence-corrected chi connectivity index (χ3v) is 6.45. The minimum absolute atomic E-state index is 0.0421. The summed E-state index contributed by atoms with van der Waals surface area (Å²) in [5, 5.41) is 10.8. The number of thioether (sulfide) groups is 1. The topological polar surface area (TPSA) is 72.7 Å². The monoisotopic (exact) mass is 638 g/mol. The van der Waals surface area contributed by atoms with Crippen molar-refractivity contribution in [1.82, 2.24) is 0 Å². The number of ether oxygens (including phenoxy) is 1. The highest BCUT2D eigenvalue weighted by atomic mass is 127. The van der Waals surface area contributed by atoms with Gasteiger partial charge in [-0.15, -0.1) is 0 Å². The van der Waals surface area contributed by atoms with E-state index in [0.29, 0.717) is 21.5 Å². The Balaban J connectivity index is 1.97. The second kappa shape index (κ2) is 9.05. The molecule has 1 heterocycles. The summed E-state index contributed by atoms with van der Waals surface area (Å²) >= 11 is 11.0. The Morgan fingerprint density at radius 3 is 2.57 bits per heavy atom. The number of nitro groups is 1. The van der Waals surface area contributed by atoms with Gasteiger partial charge in [0, 0.05) is 21.3 Å². The molecule has 144 valence electrons. The molecule has 1 aliphatic rings. The van der Waals surface area contributed by atoms with Gasteiger partial charge >= 0.3 is 0 Å². The fourth-order valence-electron chi connectivity index (χ4n) is 2.54. The van der Waals surface area contributed by atoms with Crippen LogP contribution in [0, 0.1) is 17.3 Å². The minimum Gasteiger partial charge on any atom is -0.492 e. The van der Waals surface area contributed by atoms with Crippen LogP contribution in [0.25, 0.3) is 6.08 Å². The Labute approximate surface area is 198 Å². The predicted octanol–water partition coefficient (Wildman–Crippen LogP) is 5.61. The Morgan fingerprint density at radius 2 is 1.96 bits per heavy atom. The Bertz CT molecular complexity index is 1010. The van der Waals surface area contributed by atoms with Crippen molar-refractivity contribution in [2.75, 3.05) is 11.5 Å². The predicted molar refractivity (Wildman–Crippen MR) is 132 cm³/mol. The molecule has 0 N–H and O–H groups in total. The van der Waals surface area contributed by atoms with Crippen molar-refractivity contribution in [3.05, 3.63) is 64.1 Å². The number of benzene rings is 2. The van der Waals surface area contributed by atoms with Crippen molar-refractivity contribution in [3.8, 4) is 5.75 Å². The molecule has 6 nitrogen and oxygen atoms in total. The number of anilines is 1. The van der Waals surface area contributed by atoms with E-state index in [2.05, 4.69) is 45.2 Å². The molecule has 0 radical (unpaired) electrons. The van der Waals surface area contributed by atoms with Crippen molar-refractivity contribution in [1.29, 1.82) is 0 Å². The molecule has 28 heavy (non-hydrogen) atoms. The molecule has 0 unspecified atom stereocenters. The fraction of sp³-hybridized carbons (Fsp3) is 0.111. The molecule has 3 rings (SSSR count). The largest absolute Gasteiger partial charge is 0.492 e. The summed E-state index contributed by atoms with van der Waals surface area (Å²) in [6.45, 7) is 2.42. The number of hydrogen-bond acceptors (Lipinski definition) is 6. The minimum atomic E-state index is -0.484. The molecule has 0 saturated carbocycles. The number of non-ortho nitro benzene ring substituents is 1. The van der Waals surface area contributed by atoms with Gasteiger partial charge in [-0.2, -0.15) is 0 Å². The standard InChI is InChI=1S/C18H12I2N2O4S2/c1-2-26-16-10(7-11(19)9-14(16)20)8-15-17(23)21(18(27)28-15)12-3-5-13(6-4-12)22(24)25/h3-9H,2H2,1H3/b15-8-. The number of nitro benzene ring substituents is 1. The van der Waals surface area contributed by atoms with Gasteiger partial charge in [-0.1, -0.05) is 24.0 Å².